The first kappa shape index (κ1) is 9.96. The van der Waals surface area contributed by atoms with Gasteiger partial charge in [-0.05, 0) is 18.8 Å². The van der Waals surface area contributed by atoms with Crippen LogP contribution in [0.3, 0.4) is 0 Å². The Bertz CT molecular complexity index is 144. The van der Waals surface area contributed by atoms with Crippen molar-refractivity contribution in [2.45, 2.75) is 39.1 Å². The summed E-state index contributed by atoms with van der Waals surface area (Å²) < 4.78 is 5.43. The third-order valence-corrected chi connectivity index (χ3v) is 3.06. The van der Waals surface area contributed by atoms with Crippen LogP contribution >= 0.6 is 0 Å². The fourth-order valence-corrected chi connectivity index (χ4v) is 1.71. The Hall–Kier alpha value is -0.120. The molecule has 0 radical (unpaired) electrons. The highest BCUT2D eigenvalue weighted by Crippen LogP contribution is 2.29. The molecule has 0 saturated carbocycles. The normalized spacial score (nSPS) is 49.2. The minimum Gasteiger partial charge on any atom is -0.394 e. The zero-order valence-corrected chi connectivity index (χ0v) is 7.90. The lowest BCUT2D eigenvalue weighted by molar-refractivity contribution is -0.174. The fourth-order valence-electron chi connectivity index (χ4n) is 1.71. The molecule has 72 valence electrons. The van der Waals surface area contributed by atoms with Crippen LogP contribution in [0.2, 0.25) is 0 Å². The molecule has 0 aliphatic carbocycles. The Morgan fingerprint density at radius 1 is 1.17 bits per heavy atom. The van der Waals surface area contributed by atoms with E-state index in [1.807, 2.05) is 13.8 Å². The van der Waals surface area contributed by atoms with Crippen LogP contribution in [0.25, 0.3) is 0 Å². The van der Waals surface area contributed by atoms with Crippen molar-refractivity contribution in [3.63, 3.8) is 0 Å². The summed E-state index contributed by atoms with van der Waals surface area (Å²) in [5, 5.41) is 18.5. The zero-order valence-electron chi connectivity index (χ0n) is 7.90. The van der Waals surface area contributed by atoms with Gasteiger partial charge < -0.3 is 14.9 Å². The summed E-state index contributed by atoms with van der Waals surface area (Å²) in [6, 6.07) is 0. The van der Waals surface area contributed by atoms with Crippen molar-refractivity contribution in [2.75, 3.05) is 6.61 Å². The Balaban J connectivity index is 2.63. The smallest absolute Gasteiger partial charge is 0.107 e. The molecule has 5 atom stereocenters. The highest BCUT2D eigenvalue weighted by Gasteiger charge is 2.37. The van der Waals surface area contributed by atoms with Gasteiger partial charge in [0.05, 0.1) is 18.8 Å². The predicted octanol–water partition coefficient (Wildman–Crippen LogP) is 0.399. The number of aliphatic hydroxyl groups excluding tert-OH is 2. The average molecular weight is 174 g/mol. The van der Waals surface area contributed by atoms with Crippen LogP contribution < -0.4 is 0 Å². The number of ether oxygens (including phenoxy) is 1. The number of aliphatic hydroxyl groups is 2. The molecule has 1 saturated heterocycles. The largest absolute Gasteiger partial charge is 0.394 e. The van der Waals surface area contributed by atoms with E-state index in [0.717, 1.165) is 0 Å². The molecule has 12 heavy (non-hydrogen) atoms. The minimum atomic E-state index is -0.527. The third-order valence-electron chi connectivity index (χ3n) is 3.06. The van der Waals surface area contributed by atoms with Gasteiger partial charge in [0.2, 0.25) is 0 Å². The molecule has 1 fully saturated rings. The second kappa shape index (κ2) is 3.73. The lowest BCUT2D eigenvalue weighted by Gasteiger charge is -2.40. The molecule has 1 aliphatic rings. The molecule has 0 aromatic rings. The van der Waals surface area contributed by atoms with E-state index in [1.54, 1.807) is 0 Å². The van der Waals surface area contributed by atoms with Crippen molar-refractivity contribution in [2.24, 2.45) is 11.8 Å². The van der Waals surface area contributed by atoms with Crippen molar-refractivity contribution < 1.29 is 14.9 Å². The topological polar surface area (TPSA) is 49.7 Å². The second-order valence-electron chi connectivity index (χ2n) is 3.77. The monoisotopic (exact) mass is 174 g/mol. The van der Waals surface area contributed by atoms with Gasteiger partial charge in [0.1, 0.15) is 6.10 Å². The van der Waals surface area contributed by atoms with Crippen molar-refractivity contribution >= 4 is 0 Å². The highest BCUT2D eigenvalue weighted by molar-refractivity contribution is 4.85. The van der Waals surface area contributed by atoms with Gasteiger partial charge in [0, 0.05) is 0 Å². The molecule has 0 aromatic carbocycles. The van der Waals surface area contributed by atoms with E-state index in [0.29, 0.717) is 5.92 Å². The van der Waals surface area contributed by atoms with Crippen molar-refractivity contribution in [1.29, 1.82) is 0 Å². The van der Waals surface area contributed by atoms with E-state index in [2.05, 4.69) is 6.92 Å². The molecular formula is C9H18O3. The molecule has 0 bridgehead atoms. The fraction of sp³-hybridized carbons (Fsp3) is 1.00. The molecule has 1 aliphatic heterocycles. The maximum Gasteiger partial charge on any atom is 0.107 e. The second-order valence-corrected chi connectivity index (χ2v) is 3.77. The number of hydrogen-bond acceptors (Lipinski definition) is 3. The molecule has 1 heterocycles. The van der Waals surface area contributed by atoms with E-state index >= 15 is 0 Å². The van der Waals surface area contributed by atoms with Gasteiger partial charge in [-0.1, -0.05) is 13.8 Å². The molecular weight excluding hydrogens is 156 g/mol. The summed E-state index contributed by atoms with van der Waals surface area (Å²) in [6.07, 6.45) is -0.798. The first-order chi connectivity index (χ1) is 5.57. The van der Waals surface area contributed by atoms with Crippen LogP contribution in [-0.2, 0) is 4.74 Å². The lowest BCUT2D eigenvalue weighted by atomic mass is 9.82. The van der Waals surface area contributed by atoms with Crippen LogP contribution in [0.5, 0.6) is 0 Å². The Kier molecular flexibility index (Phi) is 3.09. The third kappa shape index (κ3) is 1.63. The van der Waals surface area contributed by atoms with Gasteiger partial charge >= 0.3 is 0 Å². The van der Waals surface area contributed by atoms with Gasteiger partial charge in [-0.3, -0.25) is 0 Å². The van der Waals surface area contributed by atoms with Gasteiger partial charge in [0.15, 0.2) is 0 Å². The van der Waals surface area contributed by atoms with Gasteiger partial charge in [-0.2, -0.15) is 0 Å². The first-order valence-corrected chi connectivity index (χ1v) is 4.52. The standard InChI is InChI=1S/C9H18O3/c1-5-6(2)9(11)8(4-10)12-7(5)3/h5-11H,4H2,1-3H3/t5-,6-,7?,8-,9+/m1/s1. The summed E-state index contributed by atoms with van der Waals surface area (Å²) in [5.41, 5.74) is 0. The first-order valence-electron chi connectivity index (χ1n) is 4.52. The van der Waals surface area contributed by atoms with Gasteiger partial charge in [-0.25, -0.2) is 0 Å². The van der Waals surface area contributed by atoms with Crippen molar-refractivity contribution in [3.05, 3.63) is 0 Å². The molecule has 0 spiro atoms. The zero-order chi connectivity index (χ0) is 9.30. The van der Waals surface area contributed by atoms with Gasteiger partial charge in [-0.15, -0.1) is 0 Å². The SMILES string of the molecule is CC1O[C@H](CO)[C@@H](O)[C@H](C)[C@H]1C. The van der Waals surface area contributed by atoms with E-state index in [1.165, 1.54) is 0 Å². The molecule has 2 N–H and O–H groups in total. The predicted molar refractivity (Wildman–Crippen MR) is 45.8 cm³/mol. The van der Waals surface area contributed by atoms with E-state index in [9.17, 15) is 5.11 Å². The maximum absolute atomic E-state index is 9.64. The van der Waals surface area contributed by atoms with E-state index < -0.39 is 12.2 Å². The summed E-state index contributed by atoms with van der Waals surface area (Å²) in [7, 11) is 0. The van der Waals surface area contributed by atoms with Crippen molar-refractivity contribution in [1.82, 2.24) is 0 Å². The number of rotatable bonds is 1. The molecule has 3 nitrogen and oxygen atoms in total. The Morgan fingerprint density at radius 3 is 2.25 bits per heavy atom. The molecule has 1 rings (SSSR count). The molecule has 3 heteroatoms. The van der Waals surface area contributed by atoms with E-state index in [4.69, 9.17) is 9.84 Å². The van der Waals surface area contributed by atoms with Crippen LogP contribution in [-0.4, -0.2) is 35.1 Å². The Morgan fingerprint density at radius 2 is 1.75 bits per heavy atom. The summed E-state index contributed by atoms with van der Waals surface area (Å²) in [6.45, 7) is 5.95. The Labute approximate surface area is 73.4 Å². The van der Waals surface area contributed by atoms with Crippen molar-refractivity contribution in [3.8, 4) is 0 Å². The lowest BCUT2D eigenvalue weighted by Crippen LogP contribution is -2.49. The van der Waals surface area contributed by atoms with E-state index in [-0.39, 0.29) is 18.6 Å². The van der Waals surface area contributed by atoms with Crippen LogP contribution in [0.1, 0.15) is 20.8 Å². The molecule has 0 amide bonds. The van der Waals surface area contributed by atoms with Crippen LogP contribution in [0, 0.1) is 11.8 Å². The molecule has 0 aromatic heterocycles. The average Bonchev–Trinajstić information content (AvgIpc) is 2.08. The number of hydrogen-bond donors (Lipinski definition) is 2. The van der Waals surface area contributed by atoms with Crippen LogP contribution in [0.4, 0.5) is 0 Å². The highest BCUT2D eigenvalue weighted by atomic mass is 16.5. The minimum absolute atomic E-state index is 0.0947. The maximum atomic E-state index is 9.64. The summed E-state index contributed by atoms with van der Waals surface area (Å²) in [4.78, 5) is 0. The van der Waals surface area contributed by atoms with Crippen LogP contribution in [0.15, 0.2) is 0 Å². The summed E-state index contributed by atoms with van der Waals surface area (Å²) >= 11 is 0. The molecule has 1 unspecified atom stereocenters. The van der Waals surface area contributed by atoms with Gasteiger partial charge in [0.25, 0.3) is 0 Å². The quantitative estimate of drug-likeness (QED) is 0.605. The summed E-state index contributed by atoms with van der Waals surface area (Å²) in [5.74, 6) is 0.550.